The van der Waals surface area contributed by atoms with Crippen molar-refractivity contribution in [3.63, 3.8) is 0 Å². The van der Waals surface area contributed by atoms with Gasteiger partial charge >= 0.3 is 0 Å². The number of rotatable bonds is 1. The Labute approximate surface area is 79.0 Å². The van der Waals surface area contributed by atoms with Gasteiger partial charge in [0.1, 0.15) is 0 Å². The van der Waals surface area contributed by atoms with E-state index < -0.39 is 0 Å². The van der Waals surface area contributed by atoms with E-state index in [9.17, 15) is 4.79 Å². The first-order valence-electron chi connectivity index (χ1n) is 5.10. The van der Waals surface area contributed by atoms with E-state index in [2.05, 4.69) is 0 Å². The summed E-state index contributed by atoms with van der Waals surface area (Å²) in [6.45, 7) is 5.46. The lowest BCUT2D eigenvalue weighted by Crippen LogP contribution is -2.52. The van der Waals surface area contributed by atoms with Crippen LogP contribution in [0.2, 0.25) is 0 Å². The number of ether oxygens (including phenoxy) is 1. The Morgan fingerprint density at radius 1 is 1.23 bits per heavy atom. The Morgan fingerprint density at radius 3 is 2.38 bits per heavy atom. The Bertz CT molecular complexity index is 193. The van der Waals surface area contributed by atoms with E-state index in [1.807, 2.05) is 4.90 Å². The molecule has 0 aromatic carbocycles. The third-order valence-corrected chi connectivity index (χ3v) is 3.29. The predicted octanol–water partition coefficient (Wildman–Crippen LogP) is 0.891. The fourth-order valence-corrected chi connectivity index (χ4v) is 2.26. The molecule has 0 aromatic rings. The molecular weight excluding hydrogens is 166 g/mol. The van der Waals surface area contributed by atoms with Gasteiger partial charge in [0, 0.05) is 33.2 Å². The fraction of sp³-hybridized carbons (Fsp3) is 0.900. The van der Waals surface area contributed by atoms with Crippen molar-refractivity contribution >= 4 is 5.91 Å². The standard InChI is InChI=1S/C10H17NO2/c1-8(12)11-6-10(7-11)9-2-4-13-5-3-9/h9-10H,2-7H2,1H3. The predicted molar refractivity (Wildman–Crippen MR) is 49.3 cm³/mol. The van der Waals surface area contributed by atoms with Crippen LogP contribution in [-0.4, -0.2) is 37.1 Å². The highest BCUT2D eigenvalue weighted by atomic mass is 16.5. The normalized spacial score (nSPS) is 25.8. The van der Waals surface area contributed by atoms with Crippen LogP contribution in [0.1, 0.15) is 19.8 Å². The van der Waals surface area contributed by atoms with E-state index >= 15 is 0 Å². The summed E-state index contributed by atoms with van der Waals surface area (Å²) >= 11 is 0. The maximum absolute atomic E-state index is 11.0. The van der Waals surface area contributed by atoms with E-state index in [0.29, 0.717) is 0 Å². The van der Waals surface area contributed by atoms with Gasteiger partial charge in [0.15, 0.2) is 0 Å². The molecule has 0 bridgehead atoms. The molecule has 0 unspecified atom stereocenters. The average Bonchev–Trinajstić information content (AvgIpc) is 2.02. The molecular formula is C10H17NO2. The van der Waals surface area contributed by atoms with Crippen molar-refractivity contribution in [2.45, 2.75) is 19.8 Å². The van der Waals surface area contributed by atoms with Crippen LogP contribution >= 0.6 is 0 Å². The number of carbonyl (C=O) groups is 1. The molecule has 3 nitrogen and oxygen atoms in total. The smallest absolute Gasteiger partial charge is 0.219 e. The summed E-state index contributed by atoms with van der Waals surface area (Å²) in [5, 5.41) is 0. The molecule has 0 aliphatic carbocycles. The largest absolute Gasteiger partial charge is 0.381 e. The van der Waals surface area contributed by atoms with Gasteiger partial charge in [0.2, 0.25) is 5.91 Å². The molecule has 2 aliphatic rings. The van der Waals surface area contributed by atoms with Crippen molar-refractivity contribution in [2.75, 3.05) is 26.3 Å². The van der Waals surface area contributed by atoms with Crippen molar-refractivity contribution in [1.29, 1.82) is 0 Å². The van der Waals surface area contributed by atoms with Crippen LogP contribution in [0.15, 0.2) is 0 Å². The third kappa shape index (κ3) is 1.85. The second-order valence-electron chi connectivity index (χ2n) is 4.13. The Morgan fingerprint density at radius 2 is 1.85 bits per heavy atom. The zero-order valence-corrected chi connectivity index (χ0v) is 8.16. The monoisotopic (exact) mass is 183 g/mol. The number of carbonyl (C=O) groups excluding carboxylic acids is 1. The van der Waals surface area contributed by atoms with Crippen LogP contribution in [0.5, 0.6) is 0 Å². The summed E-state index contributed by atoms with van der Waals surface area (Å²) in [5.74, 6) is 1.79. The molecule has 0 radical (unpaired) electrons. The molecule has 2 heterocycles. The van der Waals surface area contributed by atoms with Crippen molar-refractivity contribution in [2.24, 2.45) is 11.8 Å². The highest BCUT2D eigenvalue weighted by Gasteiger charge is 2.35. The lowest BCUT2D eigenvalue weighted by molar-refractivity contribution is -0.137. The summed E-state index contributed by atoms with van der Waals surface area (Å²) in [6, 6.07) is 0. The zero-order valence-electron chi connectivity index (χ0n) is 8.16. The number of amides is 1. The van der Waals surface area contributed by atoms with Gasteiger partial charge in [0.25, 0.3) is 0 Å². The highest BCUT2D eigenvalue weighted by molar-refractivity contribution is 5.74. The first kappa shape index (κ1) is 9.00. The molecule has 0 N–H and O–H groups in total. The van der Waals surface area contributed by atoms with Gasteiger partial charge in [0.05, 0.1) is 0 Å². The van der Waals surface area contributed by atoms with Crippen LogP contribution in [0.25, 0.3) is 0 Å². The summed E-state index contributed by atoms with van der Waals surface area (Å²) in [4.78, 5) is 12.9. The molecule has 2 fully saturated rings. The molecule has 0 aromatic heterocycles. The Balaban J connectivity index is 1.75. The number of likely N-dealkylation sites (tertiary alicyclic amines) is 1. The molecule has 13 heavy (non-hydrogen) atoms. The lowest BCUT2D eigenvalue weighted by atomic mass is 9.81. The van der Waals surface area contributed by atoms with Gasteiger partial charge in [-0.2, -0.15) is 0 Å². The van der Waals surface area contributed by atoms with Gasteiger partial charge in [-0.3, -0.25) is 4.79 Å². The second-order valence-corrected chi connectivity index (χ2v) is 4.13. The molecule has 74 valence electrons. The molecule has 1 amide bonds. The van der Waals surface area contributed by atoms with Crippen LogP contribution in [0, 0.1) is 11.8 Å². The van der Waals surface area contributed by atoms with E-state index in [-0.39, 0.29) is 5.91 Å². The highest BCUT2D eigenvalue weighted by Crippen LogP contribution is 2.30. The number of hydrogen-bond donors (Lipinski definition) is 0. The summed E-state index contributed by atoms with van der Waals surface area (Å²) in [6.07, 6.45) is 2.38. The number of hydrogen-bond acceptors (Lipinski definition) is 2. The maximum Gasteiger partial charge on any atom is 0.219 e. The Hall–Kier alpha value is -0.570. The molecule has 2 saturated heterocycles. The van der Waals surface area contributed by atoms with Crippen molar-refractivity contribution < 1.29 is 9.53 Å². The quantitative estimate of drug-likeness (QED) is 0.604. The molecule has 0 atom stereocenters. The zero-order chi connectivity index (χ0) is 9.26. The Kier molecular flexibility index (Phi) is 2.54. The topological polar surface area (TPSA) is 29.5 Å². The van der Waals surface area contributed by atoms with E-state index in [0.717, 1.165) is 38.1 Å². The van der Waals surface area contributed by atoms with E-state index in [1.54, 1.807) is 6.92 Å². The van der Waals surface area contributed by atoms with Crippen LogP contribution in [0.3, 0.4) is 0 Å². The van der Waals surface area contributed by atoms with Gasteiger partial charge < -0.3 is 9.64 Å². The molecule has 2 rings (SSSR count). The fourth-order valence-electron chi connectivity index (χ4n) is 2.26. The second kappa shape index (κ2) is 3.66. The van der Waals surface area contributed by atoms with Gasteiger partial charge in [-0.15, -0.1) is 0 Å². The molecule has 0 saturated carbocycles. The maximum atomic E-state index is 11.0. The average molecular weight is 183 g/mol. The SMILES string of the molecule is CC(=O)N1CC(C2CCOCC2)C1. The van der Waals surface area contributed by atoms with Crippen molar-refractivity contribution in [3.8, 4) is 0 Å². The first-order valence-corrected chi connectivity index (χ1v) is 5.10. The van der Waals surface area contributed by atoms with Gasteiger partial charge in [-0.1, -0.05) is 0 Å². The van der Waals surface area contributed by atoms with Crippen LogP contribution in [-0.2, 0) is 9.53 Å². The molecule has 0 spiro atoms. The van der Waals surface area contributed by atoms with Crippen LogP contribution in [0.4, 0.5) is 0 Å². The minimum absolute atomic E-state index is 0.225. The minimum Gasteiger partial charge on any atom is -0.381 e. The van der Waals surface area contributed by atoms with E-state index in [1.165, 1.54) is 12.8 Å². The van der Waals surface area contributed by atoms with Crippen molar-refractivity contribution in [1.82, 2.24) is 4.90 Å². The lowest BCUT2D eigenvalue weighted by Gasteiger charge is -2.44. The number of nitrogens with zero attached hydrogens (tertiary/aromatic N) is 1. The van der Waals surface area contributed by atoms with Gasteiger partial charge in [-0.25, -0.2) is 0 Å². The minimum atomic E-state index is 0.225. The van der Waals surface area contributed by atoms with Crippen molar-refractivity contribution in [3.05, 3.63) is 0 Å². The summed E-state index contributed by atoms with van der Waals surface area (Å²) < 4.78 is 5.31. The molecule has 2 aliphatic heterocycles. The van der Waals surface area contributed by atoms with Gasteiger partial charge in [-0.05, 0) is 24.7 Å². The first-order chi connectivity index (χ1) is 6.27. The molecule has 3 heteroatoms. The van der Waals surface area contributed by atoms with E-state index in [4.69, 9.17) is 4.74 Å². The third-order valence-electron chi connectivity index (χ3n) is 3.29. The summed E-state index contributed by atoms with van der Waals surface area (Å²) in [7, 11) is 0. The van der Waals surface area contributed by atoms with Crippen LogP contribution < -0.4 is 0 Å². The summed E-state index contributed by atoms with van der Waals surface area (Å²) in [5.41, 5.74) is 0.